The number of nitrogens with zero attached hydrogens (tertiary/aromatic N) is 2. The Balaban J connectivity index is 2.03. The molecule has 0 fully saturated rings. The average molecular weight is 334 g/mol. The Labute approximate surface area is 146 Å². The van der Waals surface area contributed by atoms with Crippen molar-refractivity contribution in [3.63, 3.8) is 0 Å². The lowest BCUT2D eigenvalue weighted by Crippen LogP contribution is -2.09. The van der Waals surface area contributed by atoms with E-state index < -0.39 is 5.97 Å². The van der Waals surface area contributed by atoms with E-state index in [1.165, 1.54) is 7.11 Å². The number of ether oxygens (including phenoxy) is 2. The first kappa shape index (κ1) is 16.6. The van der Waals surface area contributed by atoms with Crippen molar-refractivity contribution >= 4 is 5.97 Å². The molecule has 0 radical (unpaired) electrons. The molecule has 5 nitrogen and oxygen atoms in total. The molecular formula is C20H18N2O3. The molecule has 0 aliphatic heterocycles. The van der Waals surface area contributed by atoms with Crippen LogP contribution in [0.5, 0.6) is 5.75 Å². The fourth-order valence-corrected chi connectivity index (χ4v) is 2.46. The van der Waals surface area contributed by atoms with Crippen LogP contribution in [0.2, 0.25) is 0 Å². The zero-order valence-electron chi connectivity index (χ0n) is 14.1. The minimum absolute atomic E-state index is 0.195. The highest BCUT2D eigenvalue weighted by atomic mass is 16.5. The summed E-state index contributed by atoms with van der Waals surface area (Å²) in [7, 11) is 1.34. The molecule has 0 bridgehead atoms. The molecule has 0 saturated heterocycles. The number of esters is 1. The summed E-state index contributed by atoms with van der Waals surface area (Å²) in [5, 5.41) is 0. The lowest BCUT2D eigenvalue weighted by molar-refractivity contribution is 0.0594. The molecule has 0 saturated carbocycles. The van der Waals surface area contributed by atoms with Gasteiger partial charge in [0.05, 0.1) is 25.6 Å². The van der Waals surface area contributed by atoms with Gasteiger partial charge in [-0.2, -0.15) is 0 Å². The first-order valence-electron chi connectivity index (χ1n) is 7.97. The van der Waals surface area contributed by atoms with Gasteiger partial charge in [0, 0.05) is 11.1 Å². The Hall–Kier alpha value is -3.21. The van der Waals surface area contributed by atoms with Gasteiger partial charge in [0.15, 0.2) is 5.69 Å². The summed E-state index contributed by atoms with van der Waals surface area (Å²) >= 11 is 0. The van der Waals surface area contributed by atoms with Crippen LogP contribution in [0.1, 0.15) is 17.4 Å². The molecule has 0 N–H and O–H groups in total. The van der Waals surface area contributed by atoms with Crippen LogP contribution >= 0.6 is 0 Å². The molecule has 3 aromatic rings. The Kier molecular flexibility index (Phi) is 5.04. The Morgan fingerprint density at radius 1 is 1.00 bits per heavy atom. The highest BCUT2D eigenvalue weighted by Gasteiger charge is 2.18. The molecule has 2 aromatic carbocycles. The van der Waals surface area contributed by atoms with Crippen molar-refractivity contribution in [2.45, 2.75) is 6.92 Å². The molecule has 0 aliphatic carbocycles. The van der Waals surface area contributed by atoms with E-state index >= 15 is 0 Å². The second-order valence-electron chi connectivity index (χ2n) is 5.27. The molecule has 1 heterocycles. The Morgan fingerprint density at radius 3 is 2.36 bits per heavy atom. The topological polar surface area (TPSA) is 61.3 Å². The standard InChI is InChI=1S/C20H18N2O3/c1-3-25-16-11-9-14(10-12-16)17-13-21-18(15-7-5-4-6-8-15)19(22-17)20(23)24-2/h4-13H,3H2,1-2H3. The zero-order chi connectivity index (χ0) is 17.6. The zero-order valence-corrected chi connectivity index (χ0v) is 14.1. The van der Waals surface area contributed by atoms with Gasteiger partial charge < -0.3 is 9.47 Å². The number of aromatic nitrogens is 2. The predicted molar refractivity (Wildman–Crippen MR) is 95.4 cm³/mol. The van der Waals surface area contributed by atoms with Crippen molar-refractivity contribution in [1.29, 1.82) is 0 Å². The van der Waals surface area contributed by atoms with E-state index in [2.05, 4.69) is 9.97 Å². The smallest absolute Gasteiger partial charge is 0.358 e. The third-order valence-electron chi connectivity index (χ3n) is 3.66. The predicted octanol–water partition coefficient (Wildman–Crippen LogP) is 4.00. The van der Waals surface area contributed by atoms with Crippen molar-refractivity contribution in [3.05, 3.63) is 66.5 Å². The molecule has 0 amide bonds. The van der Waals surface area contributed by atoms with E-state index in [1.807, 2.05) is 61.5 Å². The quantitative estimate of drug-likeness (QED) is 0.660. The number of rotatable bonds is 5. The molecule has 0 unspecified atom stereocenters. The third kappa shape index (κ3) is 3.66. The van der Waals surface area contributed by atoms with Gasteiger partial charge in [0.1, 0.15) is 11.4 Å². The minimum Gasteiger partial charge on any atom is -0.494 e. The summed E-state index contributed by atoms with van der Waals surface area (Å²) in [5.41, 5.74) is 2.96. The van der Waals surface area contributed by atoms with Gasteiger partial charge in [-0.15, -0.1) is 0 Å². The largest absolute Gasteiger partial charge is 0.494 e. The highest BCUT2D eigenvalue weighted by molar-refractivity contribution is 5.94. The summed E-state index contributed by atoms with van der Waals surface area (Å²) in [6.07, 6.45) is 1.66. The maximum absolute atomic E-state index is 12.2. The molecule has 0 aliphatic rings. The van der Waals surface area contributed by atoms with Crippen LogP contribution in [0.3, 0.4) is 0 Å². The maximum atomic E-state index is 12.2. The van der Waals surface area contributed by atoms with Crippen LogP contribution in [0.4, 0.5) is 0 Å². The molecule has 0 spiro atoms. The lowest BCUT2D eigenvalue weighted by atomic mass is 10.1. The summed E-state index contributed by atoms with van der Waals surface area (Å²) in [6.45, 7) is 2.54. The first-order chi connectivity index (χ1) is 12.2. The number of carbonyl (C=O) groups is 1. The summed E-state index contributed by atoms with van der Waals surface area (Å²) in [6, 6.07) is 16.9. The summed E-state index contributed by atoms with van der Waals surface area (Å²) in [5.74, 6) is 0.271. The van der Waals surface area contributed by atoms with Crippen LogP contribution < -0.4 is 4.74 Å². The third-order valence-corrected chi connectivity index (χ3v) is 3.66. The molecule has 126 valence electrons. The fourth-order valence-electron chi connectivity index (χ4n) is 2.46. The van der Waals surface area contributed by atoms with Crippen molar-refractivity contribution in [1.82, 2.24) is 9.97 Å². The number of methoxy groups -OCH3 is 1. The number of hydrogen-bond acceptors (Lipinski definition) is 5. The van der Waals surface area contributed by atoms with Crippen molar-refractivity contribution in [2.24, 2.45) is 0 Å². The first-order valence-corrected chi connectivity index (χ1v) is 7.97. The minimum atomic E-state index is -0.515. The van der Waals surface area contributed by atoms with Gasteiger partial charge in [0.2, 0.25) is 0 Å². The van der Waals surface area contributed by atoms with Crippen LogP contribution in [0.15, 0.2) is 60.8 Å². The van der Waals surface area contributed by atoms with Crippen LogP contribution in [-0.4, -0.2) is 29.7 Å². The number of carbonyl (C=O) groups excluding carboxylic acids is 1. The van der Waals surface area contributed by atoms with E-state index in [4.69, 9.17) is 9.47 Å². The fraction of sp³-hybridized carbons (Fsp3) is 0.150. The molecule has 25 heavy (non-hydrogen) atoms. The van der Waals surface area contributed by atoms with Crippen LogP contribution in [0, 0.1) is 0 Å². The normalized spacial score (nSPS) is 10.3. The van der Waals surface area contributed by atoms with Crippen molar-refractivity contribution in [2.75, 3.05) is 13.7 Å². The number of hydrogen-bond donors (Lipinski definition) is 0. The van der Waals surface area contributed by atoms with E-state index in [9.17, 15) is 4.79 Å². The number of benzene rings is 2. The molecule has 1 aromatic heterocycles. The van der Waals surface area contributed by atoms with Gasteiger partial charge in [-0.25, -0.2) is 9.78 Å². The summed E-state index contributed by atoms with van der Waals surface area (Å²) < 4.78 is 10.3. The van der Waals surface area contributed by atoms with Crippen LogP contribution in [-0.2, 0) is 4.74 Å². The monoisotopic (exact) mass is 334 g/mol. The Bertz CT molecular complexity index is 862. The van der Waals surface area contributed by atoms with Gasteiger partial charge >= 0.3 is 5.97 Å². The molecule has 5 heteroatoms. The summed E-state index contributed by atoms with van der Waals surface area (Å²) in [4.78, 5) is 21.1. The Morgan fingerprint density at radius 2 is 1.72 bits per heavy atom. The van der Waals surface area contributed by atoms with Gasteiger partial charge in [-0.3, -0.25) is 4.98 Å². The van der Waals surface area contributed by atoms with E-state index in [0.29, 0.717) is 18.0 Å². The van der Waals surface area contributed by atoms with Crippen molar-refractivity contribution in [3.8, 4) is 28.3 Å². The lowest BCUT2D eigenvalue weighted by Gasteiger charge is -2.09. The average Bonchev–Trinajstić information content (AvgIpc) is 2.68. The highest BCUT2D eigenvalue weighted by Crippen LogP contribution is 2.25. The van der Waals surface area contributed by atoms with Gasteiger partial charge in [0.25, 0.3) is 0 Å². The molecular weight excluding hydrogens is 316 g/mol. The van der Waals surface area contributed by atoms with Crippen LogP contribution in [0.25, 0.3) is 22.5 Å². The molecule has 0 atom stereocenters. The SMILES string of the molecule is CCOc1ccc(-c2cnc(-c3ccccc3)c(C(=O)OC)n2)cc1. The second kappa shape index (κ2) is 7.57. The molecule has 3 rings (SSSR count). The maximum Gasteiger partial charge on any atom is 0.358 e. The van der Waals surface area contributed by atoms with Crippen molar-refractivity contribution < 1.29 is 14.3 Å². The van der Waals surface area contributed by atoms with E-state index in [0.717, 1.165) is 16.9 Å². The van der Waals surface area contributed by atoms with Gasteiger partial charge in [-0.1, -0.05) is 30.3 Å². The van der Waals surface area contributed by atoms with E-state index in [-0.39, 0.29) is 5.69 Å². The van der Waals surface area contributed by atoms with E-state index in [1.54, 1.807) is 6.20 Å². The van der Waals surface area contributed by atoms with Gasteiger partial charge in [-0.05, 0) is 31.2 Å². The second-order valence-corrected chi connectivity index (χ2v) is 5.27.